The van der Waals surface area contributed by atoms with Crippen molar-refractivity contribution >= 4 is 29.1 Å². The van der Waals surface area contributed by atoms with Gasteiger partial charge in [-0.1, -0.05) is 30.9 Å². The molecule has 33 heavy (non-hydrogen) atoms. The zero-order valence-electron chi connectivity index (χ0n) is 19.6. The van der Waals surface area contributed by atoms with Crippen LogP contribution in [0.4, 0.5) is 11.6 Å². The van der Waals surface area contributed by atoms with Gasteiger partial charge in [0.1, 0.15) is 11.6 Å². The van der Waals surface area contributed by atoms with Gasteiger partial charge < -0.3 is 20.7 Å². The van der Waals surface area contributed by atoms with Gasteiger partial charge in [-0.15, -0.1) is 0 Å². The molecule has 3 N–H and O–H groups in total. The van der Waals surface area contributed by atoms with E-state index in [1.807, 2.05) is 6.07 Å². The third-order valence-corrected chi connectivity index (χ3v) is 6.29. The Morgan fingerprint density at radius 3 is 2.52 bits per heavy atom. The number of rotatable bonds is 6. The third-order valence-electron chi connectivity index (χ3n) is 5.99. The van der Waals surface area contributed by atoms with Gasteiger partial charge in [0.05, 0.1) is 23.1 Å². The molecule has 0 unspecified atom stereocenters. The minimum atomic E-state index is 0.00463. The zero-order chi connectivity index (χ0) is 23.5. The lowest BCUT2D eigenvalue weighted by Gasteiger charge is -2.23. The van der Waals surface area contributed by atoms with Crippen LogP contribution in [0.1, 0.15) is 51.9 Å². The molecule has 1 saturated carbocycles. The summed E-state index contributed by atoms with van der Waals surface area (Å²) in [5, 5.41) is 9.95. The van der Waals surface area contributed by atoms with Gasteiger partial charge in [-0.3, -0.25) is 9.78 Å². The number of aromatic nitrogens is 3. The molecule has 1 aliphatic heterocycles. The first kappa shape index (κ1) is 25.2. The highest BCUT2D eigenvalue weighted by Crippen LogP contribution is 2.29. The second-order valence-electron chi connectivity index (χ2n) is 8.56. The molecule has 2 aromatic heterocycles. The lowest BCUT2D eigenvalue weighted by Crippen LogP contribution is -2.23. The van der Waals surface area contributed by atoms with E-state index in [0.29, 0.717) is 17.0 Å². The summed E-state index contributed by atoms with van der Waals surface area (Å²) in [7, 11) is 1.60. The molecular formula is C24H35ClN6O2. The van der Waals surface area contributed by atoms with Gasteiger partial charge in [0.15, 0.2) is 0 Å². The van der Waals surface area contributed by atoms with Gasteiger partial charge in [0.2, 0.25) is 5.91 Å². The van der Waals surface area contributed by atoms with E-state index in [0.717, 1.165) is 55.5 Å². The van der Waals surface area contributed by atoms with Crippen molar-refractivity contribution in [2.45, 2.75) is 57.9 Å². The number of ether oxygens (including phenoxy) is 1. The van der Waals surface area contributed by atoms with E-state index in [9.17, 15) is 4.79 Å². The quantitative estimate of drug-likeness (QED) is 0.565. The van der Waals surface area contributed by atoms with Crippen LogP contribution in [0.15, 0.2) is 24.7 Å². The van der Waals surface area contributed by atoms with Gasteiger partial charge in [0, 0.05) is 51.5 Å². The van der Waals surface area contributed by atoms with E-state index in [1.165, 1.54) is 39.0 Å². The Labute approximate surface area is 201 Å². The monoisotopic (exact) mass is 474 g/mol. The second-order valence-corrected chi connectivity index (χ2v) is 8.97. The molecule has 0 spiro atoms. The maximum Gasteiger partial charge on any atom is 0.216 e. The first-order chi connectivity index (χ1) is 16.0. The molecule has 9 heteroatoms. The fourth-order valence-electron chi connectivity index (χ4n) is 3.95. The highest BCUT2D eigenvalue weighted by Gasteiger charge is 2.16. The number of amides is 1. The summed E-state index contributed by atoms with van der Waals surface area (Å²) < 4.78 is 5.43. The molecule has 0 aromatic carbocycles. The minimum absolute atomic E-state index is 0.00463. The van der Waals surface area contributed by atoms with Crippen molar-refractivity contribution in [1.29, 1.82) is 0 Å². The van der Waals surface area contributed by atoms with Crippen molar-refractivity contribution in [2.75, 3.05) is 37.4 Å². The molecule has 3 heterocycles. The van der Waals surface area contributed by atoms with Gasteiger partial charge in [-0.25, -0.2) is 9.97 Å². The Morgan fingerprint density at radius 2 is 1.82 bits per heavy atom. The molecule has 0 radical (unpaired) electrons. The highest BCUT2D eigenvalue weighted by atomic mass is 35.5. The van der Waals surface area contributed by atoms with Crippen molar-refractivity contribution in [3.63, 3.8) is 0 Å². The Balaban J connectivity index is 0.000000555. The van der Waals surface area contributed by atoms with E-state index >= 15 is 0 Å². The minimum Gasteiger partial charge on any atom is -0.381 e. The molecule has 1 aliphatic carbocycles. The average Bonchev–Trinajstić information content (AvgIpc) is 2.86. The van der Waals surface area contributed by atoms with Crippen LogP contribution in [0.25, 0.3) is 11.3 Å². The van der Waals surface area contributed by atoms with E-state index in [1.54, 1.807) is 25.6 Å². The first-order valence-corrected chi connectivity index (χ1v) is 12.2. The van der Waals surface area contributed by atoms with Gasteiger partial charge in [0.25, 0.3) is 0 Å². The summed E-state index contributed by atoms with van der Waals surface area (Å²) >= 11 is 6.43. The smallest absolute Gasteiger partial charge is 0.216 e. The Hall–Kier alpha value is -2.45. The number of carbonyl (C=O) groups excluding carboxylic acids is 1. The Bertz CT molecular complexity index is 885. The van der Waals surface area contributed by atoms with Crippen LogP contribution in [-0.2, 0) is 9.53 Å². The standard InChI is InChI=1S/C21H28ClN5O.C3H7NO/c22-18-12-25-20(26-16-4-2-1-3-5-16)10-17(18)19-13-23-14-21(27-19)24-11-15-6-8-28-9-7-15;1-3(5)4-2/h10,12-16H,1-9,11H2,(H,24,27)(H,25,26);1-2H3,(H,4,5). The number of pyridine rings is 1. The van der Waals surface area contributed by atoms with Crippen LogP contribution in [0.5, 0.6) is 0 Å². The predicted molar refractivity (Wildman–Crippen MR) is 133 cm³/mol. The van der Waals surface area contributed by atoms with Gasteiger partial charge in [-0.05, 0) is 37.7 Å². The molecule has 0 atom stereocenters. The number of nitrogens with one attached hydrogen (secondary N) is 3. The highest BCUT2D eigenvalue weighted by molar-refractivity contribution is 6.33. The third kappa shape index (κ3) is 8.44. The lowest BCUT2D eigenvalue weighted by molar-refractivity contribution is -0.118. The molecule has 2 aromatic rings. The van der Waals surface area contributed by atoms with E-state index < -0.39 is 0 Å². The lowest BCUT2D eigenvalue weighted by atomic mass is 9.95. The summed E-state index contributed by atoms with van der Waals surface area (Å²) in [6.07, 6.45) is 13.7. The second kappa shape index (κ2) is 13.3. The van der Waals surface area contributed by atoms with E-state index in [4.69, 9.17) is 21.3 Å². The van der Waals surface area contributed by atoms with E-state index in [-0.39, 0.29) is 5.91 Å². The number of hydrogen-bond acceptors (Lipinski definition) is 7. The molecule has 8 nitrogen and oxygen atoms in total. The maximum absolute atomic E-state index is 9.70. The number of anilines is 2. The van der Waals surface area contributed by atoms with Gasteiger partial charge in [-0.2, -0.15) is 0 Å². The summed E-state index contributed by atoms with van der Waals surface area (Å²) in [6, 6.07) is 2.48. The van der Waals surface area contributed by atoms with E-state index in [2.05, 4.69) is 25.9 Å². The van der Waals surface area contributed by atoms with Crippen LogP contribution < -0.4 is 16.0 Å². The molecule has 1 amide bonds. The Kier molecular flexibility index (Phi) is 10.2. The molecule has 0 bridgehead atoms. The first-order valence-electron chi connectivity index (χ1n) is 11.8. The fraction of sp³-hybridized carbons (Fsp3) is 0.583. The maximum atomic E-state index is 9.70. The topological polar surface area (TPSA) is 101 Å². The van der Waals surface area contributed by atoms with Gasteiger partial charge >= 0.3 is 0 Å². The van der Waals surface area contributed by atoms with Crippen LogP contribution in [0.3, 0.4) is 0 Å². The largest absolute Gasteiger partial charge is 0.381 e. The SMILES string of the molecule is CNC(C)=O.Clc1cnc(NC2CCCCC2)cc1-c1cncc(NCC2CCOCC2)n1. The molecule has 2 aliphatic rings. The molecule has 180 valence electrons. The predicted octanol–water partition coefficient (Wildman–Crippen LogP) is 4.53. The van der Waals surface area contributed by atoms with Crippen LogP contribution in [-0.4, -0.2) is 53.7 Å². The molecular weight excluding hydrogens is 440 g/mol. The number of nitrogens with zero attached hydrogens (tertiary/aromatic N) is 3. The normalized spacial score (nSPS) is 16.9. The van der Waals surface area contributed by atoms with Crippen molar-refractivity contribution in [3.8, 4) is 11.3 Å². The van der Waals surface area contributed by atoms with Crippen LogP contribution in [0, 0.1) is 5.92 Å². The fourth-order valence-corrected chi connectivity index (χ4v) is 4.15. The Morgan fingerprint density at radius 1 is 1.09 bits per heavy atom. The van der Waals surface area contributed by atoms with Crippen molar-refractivity contribution in [3.05, 3.63) is 29.7 Å². The molecule has 4 rings (SSSR count). The summed E-state index contributed by atoms with van der Waals surface area (Å²) in [4.78, 5) is 23.3. The molecule has 2 fully saturated rings. The summed E-state index contributed by atoms with van der Waals surface area (Å²) in [5.41, 5.74) is 1.62. The van der Waals surface area contributed by atoms with Crippen LogP contribution in [0.2, 0.25) is 5.02 Å². The number of halogens is 1. The number of hydrogen-bond donors (Lipinski definition) is 3. The summed E-state index contributed by atoms with van der Waals surface area (Å²) in [5.74, 6) is 2.26. The number of carbonyl (C=O) groups is 1. The van der Waals surface area contributed by atoms with Crippen LogP contribution >= 0.6 is 11.6 Å². The van der Waals surface area contributed by atoms with Crippen molar-refractivity contribution < 1.29 is 9.53 Å². The summed E-state index contributed by atoms with van der Waals surface area (Å²) in [6.45, 7) is 4.06. The van der Waals surface area contributed by atoms with Crippen molar-refractivity contribution in [2.24, 2.45) is 5.92 Å². The molecule has 1 saturated heterocycles. The zero-order valence-corrected chi connectivity index (χ0v) is 20.3. The van der Waals surface area contributed by atoms with Crippen molar-refractivity contribution in [1.82, 2.24) is 20.3 Å². The average molecular weight is 475 g/mol.